The third kappa shape index (κ3) is 3.69. The van der Waals surface area contributed by atoms with Gasteiger partial charge in [-0.25, -0.2) is 9.89 Å². The van der Waals surface area contributed by atoms with Crippen molar-refractivity contribution in [1.29, 1.82) is 0 Å². The summed E-state index contributed by atoms with van der Waals surface area (Å²) in [5.74, 6) is -0.307. The summed E-state index contributed by atoms with van der Waals surface area (Å²) >= 11 is 12.7. The van der Waals surface area contributed by atoms with E-state index in [9.17, 15) is 14.4 Å². The van der Waals surface area contributed by atoms with Gasteiger partial charge in [-0.15, -0.1) is 10.2 Å². The first-order chi connectivity index (χ1) is 15.8. The summed E-state index contributed by atoms with van der Waals surface area (Å²) in [6.45, 7) is 0. The number of aromatic nitrogens is 5. The zero-order valence-corrected chi connectivity index (χ0v) is 18.1. The largest absolute Gasteiger partial charge is 0.434 e. The van der Waals surface area contributed by atoms with E-state index in [0.29, 0.717) is 5.56 Å². The lowest BCUT2D eigenvalue weighted by Crippen LogP contribution is -2.33. The molecule has 1 aliphatic carbocycles. The summed E-state index contributed by atoms with van der Waals surface area (Å²) in [6, 6.07) is 12.2. The Morgan fingerprint density at radius 1 is 1.03 bits per heavy atom. The fourth-order valence-corrected chi connectivity index (χ4v) is 4.26. The molecule has 0 saturated carbocycles. The van der Waals surface area contributed by atoms with Gasteiger partial charge >= 0.3 is 5.69 Å². The van der Waals surface area contributed by atoms with Gasteiger partial charge in [0.15, 0.2) is 5.75 Å². The monoisotopic (exact) mass is 484 g/mol. The van der Waals surface area contributed by atoms with Gasteiger partial charge in [-0.05, 0) is 29.7 Å². The number of hydrogen-bond acceptors (Lipinski definition) is 7. The molecule has 0 fully saturated rings. The standard InChI is InChI=1S/C21H14Cl2N6O4/c22-14-6-10(29-21(32)25-20(31)18(24)28-29)7-15(23)17(14)33-16-8-13(19(30)27-26-16)12-5-9-3-1-2-4-11(9)12/h1-4,6-8,12H,5H2,(H2,24,28)(H,27,30)(H,25,31,32). The lowest BCUT2D eigenvalue weighted by Gasteiger charge is -2.29. The Balaban J connectivity index is 1.49. The van der Waals surface area contributed by atoms with Crippen LogP contribution in [0.4, 0.5) is 5.82 Å². The lowest BCUT2D eigenvalue weighted by molar-refractivity contribution is 0.452. The molecule has 166 valence electrons. The van der Waals surface area contributed by atoms with Crippen molar-refractivity contribution in [3.8, 4) is 17.3 Å². The van der Waals surface area contributed by atoms with Crippen LogP contribution in [0.3, 0.4) is 0 Å². The smallest absolute Gasteiger partial charge is 0.349 e. The number of anilines is 1. The molecular formula is C21H14Cl2N6O4. The highest BCUT2D eigenvalue weighted by Crippen LogP contribution is 2.41. The van der Waals surface area contributed by atoms with Crippen molar-refractivity contribution in [3.63, 3.8) is 0 Å². The molecule has 0 spiro atoms. The van der Waals surface area contributed by atoms with Gasteiger partial charge in [0, 0.05) is 17.5 Å². The summed E-state index contributed by atoms with van der Waals surface area (Å²) in [6.07, 6.45) is 0.739. The maximum atomic E-state index is 12.4. The van der Waals surface area contributed by atoms with Crippen molar-refractivity contribution < 1.29 is 4.74 Å². The molecule has 33 heavy (non-hydrogen) atoms. The molecule has 1 unspecified atom stereocenters. The van der Waals surface area contributed by atoms with Crippen LogP contribution in [0.1, 0.15) is 22.6 Å². The van der Waals surface area contributed by atoms with E-state index in [1.807, 2.05) is 29.2 Å². The van der Waals surface area contributed by atoms with Gasteiger partial charge in [-0.2, -0.15) is 4.68 Å². The highest BCUT2D eigenvalue weighted by molar-refractivity contribution is 6.37. The van der Waals surface area contributed by atoms with Gasteiger partial charge < -0.3 is 10.5 Å². The number of fused-ring (bicyclic) bond motifs is 1. The first-order valence-corrected chi connectivity index (χ1v) is 10.4. The fourth-order valence-electron chi connectivity index (χ4n) is 3.71. The average molecular weight is 485 g/mol. The Bertz CT molecular complexity index is 1570. The van der Waals surface area contributed by atoms with Gasteiger partial charge in [0.05, 0.1) is 15.7 Å². The second kappa shape index (κ2) is 7.91. The number of H-pyrrole nitrogens is 2. The maximum Gasteiger partial charge on any atom is 0.349 e. The topological polar surface area (TPSA) is 149 Å². The van der Waals surface area contributed by atoms with Crippen LogP contribution in [0, 0.1) is 0 Å². The highest BCUT2D eigenvalue weighted by Gasteiger charge is 2.29. The lowest BCUT2D eigenvalue weighted by atomic mass is 9.74. The van der Waals surface area contributed by atoms with E-state index in [2.05, 4.69) is 15.3 Å². The fraction of sp³-hybridized carbons (Fsp3) is 0.0952. The zero-order valence-electron chi connectivity index (χ0n) is 16.6. The number of hydrogen-bond donors (Lipinski definition) is 3. The van der Waals surface area contributed by atoms with E-state index in [1.54, 1.807) is 6.07 Å². The minimum absolute atomic E-state index is 0.0412. The normalized spacial score (nSPS) is 14.4. The van der Waals surface area contributed by atoms with E-state index in [4.69, 9.17) is 33.7 Å². The molecular weight excluding hydrogens is 471 g/mol. The maximum absolute atomic E-state index is 12.4. The second-order valence-corrected chi connectivity index (χ2v) is 8.16. The van der Waals surface area contributed by atoms with Crippen LogP contribution in [0.15, 0.2) is 56.8 Å². The number of ether oxygens (including phenoxy) is 1. The van der Waals surface area contributed by atoms with Crippen LogP contribution in [0.2, 0.25) is 10.0 Å². The molecule has 0 radical (unpaired) electrons. The molecule has 2 aromatic heterocycles. The third-order valence-corrected chi connectivity index (χ3v) is 5.89. The molecule has 2 aromatic carbocycles. The van der Waals surface area contributed by atoms with Crippen LogP contribution in [-0.2, 0) is 6.42 Å². The molecule has 0 saturated heterocycles. The predicted molar refractivity (Wildman–Crippen MR) is 122 cm³/mol. The van der Waals surface area contributed by atoms with Crippen molar-refractivity contribution in [3.05, 3.63) is 100 Å². The van der Waals surface area contributed by atoms with Crippen LogP contribution in [0.25, 0.3) is 5.69 Å². The van der Waals surface area contributed by atoms with Crippen LogP contribution in [-0.4, -0.2) is 25.0 Å². The molecule has 10 nitrogen and oxygen atoms in total. The number of rotatable bonds is 4. The molecule has 1 aliphatic rings. The zero-order chi connectivity index (χ0) is 23.3. The van der Waals surface area contributed by atoms with E-state index >= 15 is 0 Å². The van der Waals surface area contributed by atoms with Crippen LogP contribution >= 0.6 is 23.2 Å². The molecule has 0 amide bonds. The van der Waals surface area contributed by atoms with Crippen molar-refractivity contribution in [2.24, 2.45) is 0 Å². The van der Waals surface area contributed by atoms with Crippen molar-refractivity contribution >= 4 is 29.0 Å². The minimum atomic E-state index is -0.817. The molecule has 0 bridgehead atoms. The summed E-state index contributed by atoms with van der Waals surface area (Å²) in [5.41, 5.74) is 6.51. The van der Waals surface area contributed by atoms with E-state index in [0.717, 1.165) is 16.7 Å². The number of nitrogens with two attached hydrogens (primary N) is 1. The Labute approximate surface area is 194 Å². The quantitative estimate of drug-likeness (QED) is 0.402. The van der Waals surface area contributed by atoms with E-state index in [1.165, 1.54) is 17.7 Å². The number of nitrogens with zero attached hydrogens (tertiary/aromatic N) is 3. The first kappa shape index (κ1) is 21.0. The summed E-state index contributed by atoms with van der Waals surface area (Å²) in [7, 11) is 0. The van der Waals surface area contributed by atoms with Gasteiger partial charge in [-0.1, -0.05) is 47.5 Å². The molecule has 2 heterocycles. The number of nitrogens with one attached hydrogen (secondary N) is 2. The van der Waals surface area contributed by atoms with E-state index < -0.39 is 17.1 Å². The second-order valence-electron chi connectivity index (χ2n) is 7.34. The molecule has 1 atom stereocenters. The summed E-state index contributed by atoms with van der Waals surface area (Å²) in [4.78, 5) is 38.0. The van der Waals surface area contributed by atoms with Crippen LogP contribution in [0.5, 0.6) is 11.6 Å². The molecule has 0 aliphatic heterocycles. The van der Waals surface area contributed by atoms with Gasteiger partial charge in [0.25, 0.3) is 11.1 Å². The minimum Gasteiger partial charge on any atom is -0.434 e. The molecule has 4 N–H and O–H groups in total. The summed E-state index contributed by atoms with van der Waals surface area (Å²) in [5, 5.41) is 10.2. The van der Waals surface area contributed by atoms with Gasteiger partial charge in [-0.3, -0.25) is 14.6 Å². The Hall–Kier alpha value is -3.89. The molecule has 5 rings (SSSR count). The molecule has 4 aromatic rings. The van der Waals surface area contributed by atoms with Gasteiger partial charge in [0.2, 0.25) is 11.7 Å². The highest BCUT2D eigenvalue weighted by atomic mass is 35.5. The predicted octanol–water partition coefficient (Wildman–Crippen LogP) is 2.37. The molecule has 12 heteroatoms. The number of benzene rings is 2. The number of nitrogen functional groups attached to an aromatic ring is 1. The van der Waals surface area contributed by atoms with Crippen molar-refractivity contribution in [2.75, 3.05) is 5.73 Å². The van der Waals surface area contributed by atoms with Crippen molar-refractivity contribution in [2.45, 2.75) is 12.3 Å². The summed E-state index contributed by atoms with van der Waals surface area (Å²) < 4.78 is 6.62. The Morgan fingerprint density at radius 3 is 2.48 bits per heavy atom. The Morgan fingerprint density at radius 2 is 1.76 bits per heavy atom. The number of aromatic amines is 2. The van der Waals surface area contributed by atoms with Crippen molar-refractivity contribution in [1.82, 2.24) is 25.0 Å². The first-order valence-electron chi connectivity index (χ1n) is 9.65. The van der Waals surface area contributed by atoms with Crippen LogP contribution < -0.4 is 27.3 Å². The SMILES string of the molecule is Nc1nn(-c2cc(Cl)c(Oc3cc(C4Cc5ccccc54)c(=O)[nH]n3)c(Cl)c2)c(=O)[nH]c1=O. The third-order valence-electron chi connectivity index (χ3n) is 5.33. The number of halogens is 2. The van der Waals surface area contributed by atoms with E-state index in [-0.39, 0.29) is 38.8 Å². The Kier molecular flexibility index (Phi) is 5.03. The average Bonchev–Trinajstić information content (AvgIpc) is 2.76. The van der Waals surface area contributed by atoms with Gasteiger partial charge in [0.1, 0.15) is 0 Å².